The van der Waals surface area contributed by atoms with Crippen LogP contribution in [-0.4, -0.2) is 22.9 Å². The minimum Gasteiger partial charge on any atom is -0.467 e. The molecule has 15 heavy (non-hydrogen) atoms. The molecule has 1 aliphatic rings. The summed E-state index contributed by atoms with van der Waals surface area (Å²) in [6.07, 6.45) is 2.34. The lowest BCUT2D eigenvalue weighted by atomic mass is 10.3. The third kappa shape index (κ3) is 1.82. The number of carbonyl (C=O) groups is 1. The molecule has 0 unspecified atom stereocenters. The first kappa shape index (κ1) is 10.0. The van der Waals surface area contributed by atoms with Crippen molar-refractivity contribution in [3.63, 3.8) is 0 Å². The van der Waals surface area contributed by atoms with Crippen LogP contribution in [0.15, 0.2) is 6.07 Å². The van der Waals surface area contributed by atoms with E-state index >= 15 is 0 Å². The Kier molecular flexibility index (Phi) is 2.38. The van der Waals surface area contributed by atoms with Crippen LogP contribution in [0.1, 0.15) is 37.4 Å². The molecule has 1 aromatic rings. The van der Waals surface area contributed by atoms with E-state index in [1.807, 2.05) is 6.07 Å². The SMILES string of the molecule is COC(=O)[C@H](C)n1nc(C2CC2)cc1N. The molecule has 82 valence electrons. The predicted molar refractivity (Wildman–Crippen MR) is 55.3 cm³/mol. The molecular formula is C10H15N3O2. The van der Waals surface area contributed by atoms with Crippen LogP contribution >= 0.6 is 0 Å². The number of esters is 1. The van der Waals surface area contributed by atoms with Crippen molar-refractivity contribution in [1.29, 1.82) is 0 Å². The first-order valence-corrected chi connectivity index (χ1v) is 5.06. The van der Waals surface area contributed by atoms with Crippen molar-refractivity contribution < 1.29 is 9.53 Å². The normalized spacial score (nSPS) is 17.5. The third-order valence-electron chi connectivity index (χ3n) is 2.69. The zero-order valence-corrected chi connectivity index (χ0v) is 8.93. The van der Waals surface area contributed by atoms with Gasteiger partial charge in [0.05, 0.1) is 12.8 Å². The number of hydrogen-bond donors (Lipinski definition) is 1. The molecule has 0 aromatic carbocycles. The van der Waals surface area contributed by atoms with Crippen molar-refractivity contribution >= 4 is 11.8 Å². The van der Waals surface area contributed by atoms with Gasteiger partial charge in [0.25, 0.3) is 0 Å². The summed E-state index contributed by atoms with van der Waals surface area (Å²) < 4.78 is 6.18. The molecule has 0 bridgehead atoms. The van der Waals surface area contributed by atoms with Gasteiger partial charge in [0, 0.05) is 12.0 Å². The van der Waals surface area contributed by atoms with E-state index in [0.29, 0.717) is 11.7 Å². The van der Waals surface area contributed by atoms with Crippen LogP contribution in [0.25, 0.3) is 0 Å². The van der Waals surface area contributed by atoms with Gasteiger partial charge in [0.1, 0.15) is 11.9 Å². The van der Waals surface area contributed by atoms with Crippen LogP contribution in [0.4, 0.5) is 5.82 Å². The van der Waals surface area contributed by atoms with E-state index in [-0.39, 0.29) is 5.97 Å². The summed E-state index contributed by atoms with van der Waals surface area (Å²) in [5.41, 5.74) is 6.78. The van der Waals surface area contributed by atoms with Gasteiger partial charge in [-0.1, -0.05) is 0 Å². The topological polar surface area (TPSA) is 70.1 Å². The number of methoxy groups -OCH3 is 1. The highest BCUT2D eigenvalue weighted by molar-refractivity contribution is 5.74. The molecule has 5 nitrogen and oxygen atoms in total. The second kappa shape index (κ2) is 3.56. The molecular weight excluding hydrogens is 194 g/mol. The molecule has 1 heterocycles. The molecule has 1 aromatic heterocycles. The summed E-state index contributed by atoms with van der Waals surface area (Å²) in [5, 5.41) is 4.33. The Morgan fingerprint density at radius 1 is 1.73 bits per heavy atom. The average molecular weight is 209 g/mol. The maximum Gasteiger partial charge on any atom is 0.330 e. The summed E-state index contributed by atoms with van der Waals surface area (Å²) in [7, 11) is 1.36. The minimum absolute atomic E-state index is 0.327. The Morgan fingerprint density at radius 3 is 2.93 bits per heavy atom. The van der Waals surface area contributed by atoms with E-state index in [4.69, 9.17) is 5.73 Å². The second-order valence-corrected chi connectivity index (χ2v) is 3.91. The Balaban J connectivity index is 2.22. The Hall–Kier alpha value is -1.52. The first-order chi connectivity index (χ1) is 7.13. The lowest BCUT2D eigenvalue weighted by molar-refractivity contribution is -0.144. The van der Waals surface area contributed by atoms with E-state index in [9.17, 15) is 4.79 Å². The van der Waals surface area contributed by atoms with Crippen LogP contribution in [0, 0.1) is 0 Å². The smallest absolute Gasteiger partial charge is 0.330 e. The molecule has 5 heteroatoms. The van der Waals surface area contributed by atoms with Crippen LogP contribution in [-0.2, 0) is 9.53 Å². The van der Waals surface area contributed by atoms with E-state index in [2.05, 4.69) is 9.84 Å². The van der Waals surface area contributed by atoms with E-state index < -0.39 is 6.04 Å². The molecule has 1 saturated carbocycles. The van der Waals surface area contributed by atoms with Crippen LogP contribution in [0.2, 0.25) is 0 Å². The van der Waals surface area contributed by atoms with E-state index in [0.717, 1.165) is 5.69 Å². The van der Waals surface area contributed by atoms with Crippen LogP contribution in [0.5, 0.6) is 0 Å². The Bertz CT molecular complexity index is 382. The Morgan fingerprint density at radius 2 is 2.40 bits per heavy atom. The number of nitrogen functional groups attached to an aromatic ring is 1. The van der Waals surface area contributed by atoms with Gasteiger partial charge < -0.3 is 10.5 Å². The quantitative estimate of drug-likeness (QED) is 0.756. The summed E-state index contributed by atoms with van der Waals surface area (Å²) in [5.74, 6) is 0.736. The van der Waals surface area contributed by atoms with Gasteiger partial charge in [-0.3, -0.25) is 0 Å². The molecule has 1 aliphatic carbocycles. The number of aromatic nitrogens is 2. The van der Waals surface area contributed by atoms with Crippen molar-refractivity contribution in [2.75, 3.05) is 12.8 Å². The van der Waals surface area contributed by atoms with Crippen molar-refractivity contribution in [3.05, 3.63) is 11.8 Å². The Labute approximate surface area is 88.2 Å². The number of nitrogens with zero attached hydrogens (tertiary/aromatic N) is 2. The first-order valence-electron chi connectivity index (χ1n) is 5.06. The lowest BCUT2D eigenvalue weighted by Gasteiger charge is -2.10. The standard InChI is InChI=1S/C10H15N3O2/c1-6(10(14)15-2)13-9(11)5-8(12-13)7-3-4-7/h5-7H,3-4,11H2,1-2H3/t6-/m0/s1. The van der Waals surface area contributed by atoms with Gasteiger partial charge in [-0.05, 0) is 19.8 Å². The van der Waals surface area contributed by atoms with Crippen molar-refractivity contribution in [2.45, 2.75) is 31.7 Å². The predicted octanol–water partition coefficient (Wildman–Crippen LogP) is 1.08. The van der Waals surface area contributed by atoms with Crippen LogP contribution < -0.4 is 5.73 Å². The summed E-state index contributed by atoms with van der Waals surface area (Å²) >= 11 is 0. The fourth-order valence-electron chi connectivity index (χ4n) is 1.59. The molecule has 2 rings (SSSR count). The molecule has 1 fully saturated rings. The highest BCUT2D eigenvalue weighted by Gasteiger charge is 2.28. The average Bonchev–Trinajstić information content (AvgIpc) is 3.00. The van der Waals surface area contributed by atoms with Crippen molar-refractivity contribution in [3.8, 4) is 0 Å². The molecule has 0 saturated heterocycles. The third-order valence-corrected chi connectivity index (χ3v) is 2.69. The maximum absolute atomic E-state index is 11.3. The van der Waals surface area contributed by atoms with Gasteiger partial charge in [0.15, 0.2) is 0 Å². The van der Waals surface area contributed by atoms with Gasteiger partial charge in [-0.15, -0.1) is 0 Å². The number of hydrogen-bond acceptors (Lipinski definition) is 4. The molecule has 0 spiro atoms. The highest BCUT2D eigenvalue weighted by atomic mass is 16.5. The molecule has 1 atom stereocenters. The highest BCUT2D eigenvalue weighted by Crippen LogP contribution is 2.40. The van der Waals surface area contributed by atoms with Gasteiger partial charge in [-0.25, -0.2) is 9.48 Å². The fraction of sp³-hybridized carbons (Fsp3) is 0.600. The fourth-order valence-corrected chi connectivity index (χ4v) is 1.59. The molecule has 0 amide bonds. The zero-order chi connectivity index (χ0) is 11.0. The monoisotopic (exact) mass is 209 g/mol. The number of ether oxygens (including phenoxy) is 1. The van der Waals surface area contributed by atoms with Crippen LogP contribution in [0.3, 0.4) is 0 Å². The molecule has 0 aliphatic heterocycles. The molecule has 2 N–H and O–H groups in total. The summed E-state index contributed by atoms with van der Waals surface area (Å²) in [6, 6.07) is 1.39. The maximum atomic E-state index is 11.3. The minimum atomic E-state index is -0.456. The zero-order valence-electron chi connectivity index (χ0n) is 8.93. The van der Waals surface area contributed by atoms with Crippen molar-refractivity contribution in [2.24, 2.45) is 0 Å². The number of carbonyl (C=O) groups excluding carboxylic acids is 1. The van der Waals surface area contributed by atoms with Gasteiger partial charge in [-0.2, -0.15) is 5.10 Å². The van der Waals surface area contributed by atoms with E-state index in [1.165, 1.54) is 24.6 Å². The molecule has 0 radical (unpaired) electrons. The number of anilines is 1. The number of rotatable bonds is 3. The van der Waals surface area contributed by atoms with E-state index in [1.54, 1.807) is 6.92 Å². The van der Waals surface area contributed by atoms with Crippen molar-refractivity contribution in [1.82, 2.24) is 9.78 Å². The van der Waals surface area contributed by atoms with Gasteiger partial charge >= 0.3 is 5.97 Å². The summed E-state index contributed by atoms with van der Waals surface area (Å²) in [6.45, 7) is 1.73. The van der Waals surface area contributed by atoms with Gasteiger partial charge in [0.2, 0.25) is 0 Å². The summed E-state index contributed by atoms with van der Waals surface area (Å²) in [4.78, 5) is 11.3. The lowest BCUT2D eigenvalue weighted by Crippen LogP contribution is -2.20. The second-order valence-electron chi connectivity index (χ2n) is 3.91. The number of nitrogens with two attached hydrogens (primary N) is 1. The largest absolute Gasteiger partial charge is 0.467 e.